The van der Waals surface area contributed by atoms with Crippen molar-refractivity contribution in [3.8, 4) is 0 Å². The second-order valence-corrected chi connectivity index (χ2v) is 8.71. The molecule has 8 heteroatoms. The molecular weight excluding hydrogens is 455 g/mol. The summed E-state index contributed by atoms with van der Waals surface area (Å²) >= 11 is 2.18. The molecule has 1 saturated carbocycles. The summed E-state index contributed by atoms with van der Waals surface area (Å²) in [4.78, 5) is 21.5. The predicted molar refractivity (Wildman–Crippen MR) is 115 cm³/mol. The smallest absolute Gasteiger partial charge is 0.224 e. The number of carbonyl (C=O) groups is 1. The molecule has 27 heavy (non-hydrogen) atoms. The van der Waals surface area contributed by atoms with E-state index in [0.29, 0.717) is 18.4 Å². The lowest BCUT2D eigenvalue weighted by Crippen LogP contribution is -2.50. The minimum absolute atomic E-state index is 0.282. The zero-order valence-electron chi connectivity index (χ0n) is 15.5. The number of pyridine rings is 1. The first-order chi connectivity index (χ1) is 13.2. The van der Waals surface area contributed by atoms with E-state index in [1.54, 1.807) is 0 Å². The molecule has 0 radical (unpaired) electrons. The van der Waals surface area contributed by atoms with Crippen molar-refractivity contribution in [2.75, 3.05) is 37.6 Å². The van der Waals surface area contributed by atoms with Crippen LogP contribution in [-0.4, -0.2) is 58.3 Å². The second kappa shape index (κ2) is 8.30. The number of halogens is 1. The first-order valence-electron chi connectivity index (χ1n) is 9.85. The van der Waals surface area contributed by atoms with Gasteiger partial charge in [-0.2, -0.15) is 5.10 Å². The molecule has 3 heterocycles. The number of aromatic nitrogens is 1. The number of nitrogens with zero attached hydrogens (tertiary/aromatic N) is 4. The van der Waals surface area contributed by atoms with Gasteiger partial charge in [-0.25, -0.2) is 0 Å². The fraction of sp³-hybridized carbons (Fsp3) is 0.632. The Morgan fingerprint density at radius 2 is 2.04 bits per heavy atom. The lowest BCUT2D eigenvalue weighted by Gasteiger charge is -2.38. The Morgan fingerprint density at radius 1 is 1.26 bits per heavy atom. The number of rotatable bonds is 5. The maximum Gasteiger partial charge on any atom is 0.224 e. The molecule has 2 aliphatic heterocycles. The summed E-state index contributed by atoms with van der Waals surface area (Å²) in [7, 11) is 0. The maximum absolute atomic E-state index is 12.6. The average Bonchev–Trinajstić information content (AvgIpc) is 3.43. The van der Waals surface area contributed by atoms with Gasteiger partial charge in [0, 0.05) is 51.0 Å². The third kappa shape index (κ3) is 4.21. The molecule has 0 bridgehead atoms. The van der Waals surface area contributed by atoms with Crippen molar-refractivity contribution < 1.29 is 4.79 Å². The van der Waals surface area contributed by atoms with Gasteiger partial charge in [0.1, 0.15) is 3.72 Å². The van der Waals surface area contributed by atoms with Crippen molar-refractivity contribution in [3.63, 3.8) is 0 Å². The van der Waals surface area contributed by atoms with Crippen LogP contribution in [0, 0.1) is 0 Å². The standard InChI is InChI=1S/C19H27IN6O/c20-19(24-21)16-12-22-11-15(13-3-4-13)18(16)26-8-6-25(7-9-26)17(27)10-14-2-1-5-23-14/h11-14,23H,1-10,21H2/b24-19+. The van der Waals surface area contributed by atoms with Crippen LogP contribution in [0.5, 0.6) is 0 Å². The summed E-state index contributed by atoms with van der Waals surface area (Å²) in [5, 5.41) is 7.32. The second-order valence-electron chi connectivity index (χ2n) is 7.68. The van der Waals surface area contributed by atoms with Crippen LogP contribution in [0.4, 0.5) is 5.69 Å². The molecule has 3 N–H and O–H groups in total. The van der Waals surface area contributed by atoms with Crippen molar-refractivity contribution in [1.82, 2.24) is 15.2 Å². The molecule has 4 rings (SSSR count). The van der Waals surface area contributed by atoms with E-state index in [1.807, 2.05) is 17.3 Å². The van der Waals surface area contributed by atoms with Crippen molar-refractivity contribution in [2.24, 2.45) is 10.9 Å². The van der Waals surface area contributed by atoms with Crippen LogP contribution in [0.1, 0.15) is 49.1 Å². The van der Waals surface area contributed by atoms with Crippen molar-refractivity contribution >= 4 is 37.9 Å². The number of nitrogens with one attached hydrogen (secondary N) is 1. The number of hydrogen-bond acceptors (Lipinski definition) is 6. The molecule has 0 spiro atoms. The minimum atomic E-state index is 0.282. The van der Waals surface area contributed by atoms with E-state index in [2.05, 4.69) is 42.9 Å². The van der Waals surface area contributed by atoms with Crippen molar-refractivity contribution in [3.05, 3.63) is 23.5 Å². The topological polar surface area (TPSA) is 86.8 Å². The third-order valence-electron chi connectivity index (χ3n) is 5.83. The van der Waals surface area contributed by atoms with Gasteiger partial charge in [0.2, 0.25) is 5.91 Å². The Morgan fingerprint density at radius 3 is 2.67 bits per heavy atom. The lowest BCUT2D eigenvalue weighted by molar-refractivity contribution is -0.131. The average molecular weight is 482 g/mol. The third-order valence-corrected chi connectivity index (χ3v) is 6.69. The fourth-order valence-electron chi connectivity index (χ4n) is 4.19. The van der Waals surface area contributed by atoms with Crippen LogP contribution in [0.25, 0.3) is 0 Å². The Labute approximate surface area is 173 Å². The highest BCUT2D eigenvalue weighted by Gasteiger charge is 2.32. The Bertz CT molecular complexity index is 721. The molecule has 3 fully saturated rings. The van der Waals surface area contributed by atoms with E-state index in [-0.39, 0.29) is 5.91 Å². The molecule has 1 aromatic heterocycles. The van der Waals surface area contributed by atoms with Crippen LogP contribution in [0.15, 0.2) is 17.5 Å². The zero-order valence-corrected chi connectivity index (χ0v) is 17.7. The van der Waals surface area contributed by atoms with Gasteiger partial charge in [-0.15, -0.1) is 0 Å². The van der Waals surface area contributed by atoms with Gasteiger partial charge < -0.3 is 21.0 Å². The highest BCUT2D eigenvalue weighted by molar-refractivity contribution is 14.1. The molecule has 1 amide bonds. The summed E-state index contributed by atoms with van der Waals surface area (Å²) in [6.45, 7) is 4.27. The molecule has 0 aromatic carbocycles. The minimum Gasteiger partial charge on any atom is -0.367 e. The van der Waals surface area contributed by atoms with E-state index < -0.39 is 0 Å². The number of anilines is 1. The molecule has 7 nitrogen and oxygen atoms in total. The van der Waals surface area contributed by atoms with Gasteiger partial charge in [0.15, 0.2) is 0 Å². The molecule has 1 atom stereocenters. The molecule has 1 aromatic rings. The van der Waals surface area contributed by atoms with Gasteiger partial charge in [-0.05, 0) is 66.3 Å². The summed E-state index contributed by atoms with van der Waals surface area (Å²) in [6, 6.07) is 0.367. The monoisotopic (exact) mass is 482 g/mol. The number of carbonyl (C=O) groups excluding carboxylic acids is 1. The Hall–Kier alpha value is -1.42. The molecule has 1 unspecified atom stereocenters. The Kier molecular flexibility index (Phi) is 5.82. The van der Waals surface area contributed by atoms with Gasteiger partial charge in [-0.1, -0.05) is 0 Å². The van der Waals surface area contributed by atoms with E-state index in [0.717, 1.165) is 48.4 Å². The van der Waals surface area contributed by atoms with E-state index in [9.17, 15) is 4.79 Å². The highest BCUT2D eigenvalue weighted by Crippen LogP contribution is 2.45. The van der Waals surface area contributed by atoms with Gasteiger partial charge in [0.05, 0.1) is 11.3 Å². The van der Waals surface area contributed by atoms with E-state index in [4.69, 9.17) is 5.84 Å². The summed E-state index contributed by atoms with van der Waals surface area (Å²) in [5.74, 6) is 6.44. The molecule has 146 valence electrons. The number of hydrazone groups is 1. The molecule has 2 saturated heterocycles. The van der Waals surface area contributed by atoms with E-state index in [1.165, 1.54) is 30.5 Å². The zero-order chi connectivity index (χ0) is 18.8. The van der Waals surface area contributed by atoms with E-state index >= 15 is 0 Å². The first-order valence-corrected chi connectivity index (χ1v) is 10.9. The van der Waals surface area contributed by atoms with Gasteiger partial charge in [0.25, 0.3) is 0 Å². The number of hydrogen-bond donors (Lipinski definition) is 2. The fourth-order valence-corrected chi connectivity index (χ4v) is 4.58. The number of amides is 1. The number of nitrogens with two attached hydrogens (primary N) is 1. The highest BCUT2D eigenvalue weighted by atomic mass is 127. The SMILES string of the molecule is N/N=C(/I)c1cncc(C2CC2)c1N1CCN(C(=O)CC2CCCN2)CC1. The van der Waals surface area contributed by atoms with Crippen LogP contribution < -0.4 is 16.1 Å². The van der Waals surface area contributed by atoms with Crippen LogP contribution in [0.2, 0.25) is 0 Å². The maximum atomic E-state index is 12.6. The summed E-state index contributed by atoms with van der Waals surface area (Å²) in [5.41, 5.74) is 3.54. The van der Waals surface area contributed by atoms with Gasteiger partial charge in [-0.3, -0.25) is 9.78 Å². The van der Waals surface area contributed by atoms with Crippen molar-refractivity contribution in [1.29, 1.82) is 0 Å². The van der Waals surface area contributed by atoms with Crippen LogP contribution in [-0.2, 0) is 4.79 Å². The summed E-state index contributed by atoms with van der Waals surface area (Å²) in [6.07, 6.45) is 9.24. The van der Waals surface area contributed by atoms with Crippen LogP contribution in [0.3, 0.4) is 0 Å². The molecular formula is C19H27IN6O. The lowest BCUT2D eigenvalue weighted by atomic mass is 10.0. The predicted octanol–water partition coefficient (Wildman–Crippen LogP) is 1.80. The van der Waals surface area contributed by atoms with Crippen molar-refractivity contribution in [2.45, 2.75) is 44.1 Å². The first kappa shape index (κ1) is 18.9. The molecule has 1 aliphatic carbocycles. The molecule has 3 aliphatic rings. The quantitative estimate of drug-likeness (QED) is 0.290. The largest absolute Gasteiger partial charge is 0.367 e. The van der Waals surface area contributed by atoms with Gasteiger partial charge >= 0.3 is 0 Å². The number of piperazine rings is 1. The Balaban J connectivity index is 1.47. The van der Waals surface area contributed by atoms with Crippen LogP contribution >= 0.6 is 22.6 Å². The normalized spacial score (nSPS) is 23.7. The summed E-state index contributed by atoms with van der Waals surface area (Å²) < 4.78 is 0.781.